The van der Waals surface area contributed by atoms with Crippen LogP contribution >= 0.6 is 0 Å². The lowest BCUT2D eigenvalue weighted by molar-refractivity contribution is 0.578. The van der Waals surface area contributed by atoms with Gasteiger partial charge >= 0.3 is 0 Å². The van der Waals surface area contributed by atoms with Crippen LogP contribution in [0.2, 0.25) is 0 Å². The average Bonchev–Trinajstić information content (AvgIpc) is 2.31. The van der Waals surface area contributed by atoms with E-state index in [-0.39, 0.29) is 18.1 Å². The summed E-state index contributed by atoms with van der Waals surface area (Å²) >= 11 is 0. The van der Waals surface area contributed by atoms with Crippen molar-refractivity contribution in [3.8, 4) is 0 Å². The first kappa shape index (κ1) is 16.0. The molecule has 0 bridgehead atoms. The van der Waals surface area contributed by atoms with Gasteiger partial charge in [-0.3, -0.25) is 0 Å². The summed E-state index contributed by atoms with van der Waals surface area (Å²) in [7, 11) is -5.84. The van der Waals surface area contributed by atoms with Crippen LogP contribution in [0, 0.1) is 5.82 Å². The summed E-state index contributed by atoms with van der Waals surface area (Å²) in [6.07, 6.45) is 0. The first-order chi connectivity index (χ1) is 8.74. The molecule has 0 saturated carbocycles. The van der Waals surface area contributed by atoms with Crippen molar-refractivity contribution in [1.82, 2.24) is 9.44 Å². The van der Waals surface area contributed by atoms with E-state index in [1.54, 1.807) is 0 Å². The molecule has 9 heteroatoms. The van der Waals surface area contributed by atoms with E-state index in [2.05, 4.69) is 9.44 Å². The quantitative estimate of drug-likeness (QED) is 0.729. The lowest BCUT2D eigenvalue weighted by Crippen LogP contribution is -2.33. The van der Waals surface area contributed by atoms with Crippen molar-refractivity contribution >= 4 is 20.0 Å². The first-order valence-corrected chi connectivity index (χ1v) is 8.67. The predicted octanol–water partition coefficient (Wildman–Crippen LogP) is -0.206. The van der Waals surface area contributed by atoms with Gasteiger partial charge in [0.15, 0.2) is 0 Å². The summed E-state index contributed by atoms with van der Waals surface area (Å²) in [5.74, 6) is -1.12. The largest absolute Gasteiger partial charge is 0.218 e. The molecule has 0 amide bonds. The molecule has 0 spiro atoms. The lowest BCUT2D eigenvalue weighted by atomic mass is 10.2. The third-order valence-electron chi connectivity index (χ3n) is 2.27. The number of halogens is 1. The monoisotopic (exact) mass is 310 g/mol. The topological polar surface area (TPSA) is 92.3 Å². The third kappa shape index (κ3) is 6.10. The molecule has 1 rings (SSSR count). The van der Waals surface area contributed by atoms with Gasteiger partial charge in [0.2, 0.25) is 20.0 Å². The second-order valence-corrected chi connectivity index (χ2v) is 7.66. The van der Waals surface area contributed by atoms with Gasteiger partial charge in [-0.15, -0.1) is 0 Å². The van der Waals surface area contributed by atoms with E-state index in [0.717, 1.165) is 12.1 Å². The zero-order valence-corrected chi connectivity index (χ0v) is 11.9. The van der Waals surface area contributed by atoms with Crippen LogP contribution in [-0.2, 0) is 25.8 Å². The number of rotatable bonds is 7. The fourth-order valence-corrected chi connectivity index (χ4v) is 3.14. The molecular weight excluding hydrogens is 295 g/mol. The fraction of sp³-hybridized carbons (Fsp3) is 0.400. The number of nitrogens with one attached hydrogen (secondary N) is 2. The molecule has 6 nitrogen and oxygen atoms in total. The van der Waals surface area contributed by atoms with Gasteiger partial charge < -0.3 is 0 Å². The maximum absolute atomic E-state index is 12.7. The summed E-state index contributed by atoms with van der Waals surface area (Å²) in [5, 5.41) is 0. The van der Waals surface area contributed by atoms with E-state index in [1.165, 1.54) is 19.2 Å². The average molecular weight is 310 g/mol. The highest BCUT2D eigenvalue weighted by atomic mass is 32.2. The van der Waals surface area contributed by atoms with Crippen LogP contribution in [-0.4, -0.2) is 36.2 Å². The van der Waals surface area contributed by atoms with Crippen LogP contribution in [0.25, 0.3) is 0 Å². The van der Waals surface area contributed by atoms with Crippen LogP contribution in [0.5, 0.6) is 0 Å². The van der Waals surface area contributed by atoms with E-state index >= 15 is 0 Å². The Balaban J connectivity index is 2.55. The number of hydrogen-bond donors (Lipinski definition) is 2. The molecule has 0 aliphatic heterocycles. The summed E-state index contributed by atoms with van der Waals surface area (Å²) in [6, 6.07) is 5.05. The Labute approximate surface area is 112 Å². The molecule has 0 aliphatic rings. The second kappa shape index (κ2) is 6.42. The molecule has 108 valence electrons. The fourth-order valence-electron chi connectivity index (χ4n) is 1.28. The van der Waals surface area contributed by atoms with Gasteiger partial charge in [-0.1, -0.05) is 12.1 Å². The van der Waals surface area contributed by atoms with Gasteiger partial charge in [0, 0.05) is 6.54 Å². The van der Waals surface area contributed by atoms with Crippen molar-refractivity contribution in [2.24, 2.45) is 0 Å². The zero-order valence-electron chi connectivity index (χ0n) is 10.3. The molecule has 0 atom stereocenters. The minimum atomic E-state index is -3.64. The molecule has 0 aliphatic carbocycles. The van der Waals surface area contributed by atoms with Crippen LogP contribution in [0.3, 0.4) is 0 Å². The molecule has 1 aromatic rings. The second-order valence-electron chi connectivity index (χ2n) is 3.80. The summed E-state index contributed by atoms with van der Waals surface area (Å²) < 4.78 is 62.4. The van der Waals surface area contributed by atoms with Crippen molar-refractivity contribution < 1.29 is 21.2 Å². The van der Waals surface area contributed by atoms with Crippen LogP contribution < -0.4 is 9.44 Å². The van der Waals surface area contributed by atoms with Gasteiger partial charge in [-0.25, -0.2) is 30.7 Å². The molecule has 19 heavy (non-hydrogen) atoms. The maximum Gasteiger partial charge on any atom is 0.215 e. The van der Waals surface area contributed by atoms with E-state index in [4.69, 9.17) is 0 Å². The van der Waals surface area contributed by atoms with E-state index in [1.807, 2.05) is 0 Å². The molecule has 1 aromatic carbocycles. The Morgan fingerprint density at radius 1 is 1.05 bits per heavy atom. The molecule has 0 saturated heterocycles. The maximum atomic E-state index is 12.7. The van der Waals surface area contributed by atoms with Crippen molar-refractivity contribution in [3.63, 3.8) is 0 Å². The minimum Gasteiger partial charge on any atom is -0.218 e. The van der Waals surface area contributed by atoms with Gasteiger partial charge in [0.25, 0.3) is 0 Å². The predicted molar refractivity (Wildman–Crippen MR) is 69.9 cm³/mol. The van der Waals surface area contributed by atoms with Gasteiger partial charge in [-0.2, -0.15) is 0 Å². The minimum absolute atomic E-state index is 0.216. The Morgan fingerprint density at radius 3 is 2.16 bits per heavy atom. The lowest BCUT2D eigenvalue weighted by Gasteiger charge is -2.07. The highest BCUT2D eigenvalue weighted by Gasteiger charge is 2.13. The van der Waals surface area contributed by atoms with Gasteiger partial charge in [0.1, 0.15) is 5.82 Å². The normalized spacial score (nSPS) is 12.5. The van der Waals surface area contributed by atoms with E-state index < -0.39 is 25.9 Å². The molecular formula is C10H15FN2O4S2. The van der Waals surface area contributed by atoms with Gasteiger partial charge in [0.05, 0.1) is 11.5 Å². The molecule has 2 N–H and O–H groups in total. The highest BCUT2D eigenvalue weighted by Crippen LogP contribution is 2.06. The zero-order chi connectivity index (χ0) is 14.5. The molecule has 0 aromatic heterocycles. The Hall–Kier alpha value is -1.03. The standard InChI is InChI=1S/C10H15FN2O4S2/c1-12-18(14,15)7-6-13-19(16,17)8-9-2-4-10(11)5-3-9/h2-5,12-13H,6-8H2,1H3. The Kier molecular flexibility index (Phi) is 5.41. The third-order valence-corrected chi connectivity index (χ3v) is 4.99. The van der Waals surface area contributed by atoms with Crippen molar-refractivity contribution in [2.45, 2.75) is 5.75 Å². The number of hydrogen-bond acceptors (Lipinski definition) is 4. The molecule has 0 unspecified atom stereocenters. The van der Waals surface area contributed by atoms with Crippen LogP contribution in [0.4, 0.5) is 4.39 Å². The summed E-state index contributed by atoms with van der Waals surface area (Å²) in [4.78, 5) is 0. The van der Waals surface area contributed by atoms with Gasteiger partial charge in [-0.05, 0) is 24.7 Å². The molecule has 0 heterocycles. The summed E-state index contributed by atoms with van der Waals surface area (Å²) in [5.41, 5.74) is 0.422. The van der Waals surface area contributed by atoms with Crippen LogP contribution in [0.15, 0.2) is 24.3 Å². The first-order valence-electron chi connectivity index (χ1n) is 5.37. The SMILES string of the molecule is CNS(=O)(=O)CCNS(=O)(=O)Cc1ccc(F)cc1. The molecule has 0 radical (unpaired) electrons. The van der Waals surface area contributed by atoms with Crippen molar-refractivity contribution in [2.75, 3.05) is 19.3 Å². The smallest absolute Gasteiger partial charge is 0.215 e. The summed E-state index contributed by atoms with van der Waals surface area (Å²) in [6.45, 7) is -0.216. The molecule has 0 fully saturated rings. The van der Waals surface area contributed by atoms with E-state index in [0.29, 0.717) is 5.56 Å². The number of benzene rings is 1. The van der Waals surface area contributed by atoms with Crippen LogP contribution in [0.1, 0.15) is 5.56 Å². The Bertz CT molecular complexity index is 611. The highest BCUT2D eigenvalue weighted by molar-refractivity contribution is 7.90. The van der Waals surface area contributed by atoms with E-state index in [9.17, 15) is 21.2 Å². The van der Waals surface area contributed by atoms with Crippen molar-refractivity contribution in [1.29, 1.82) is 0 Å². The number of sulfonamides is 2. The van der Waals surface area contributed by atoms with Crippen molar-refractivity contribution in [3.05, 3.63) is 35.6 Å². The Morgan fingerprint density at radius 2 is 1.63 bits per heavy atom.